The highest BCUT2D eigenvalue weighted by Crippen LogP contribution is 2.42. The van der Waals surface area contributed by atoms with Crippen molar-refractivity contribution in [3.63, 3.8) is 0 Å². The van der Waals surface area contributed by atoms with E-state index in [-0.39, 0.29) is 23.3 Å². The minimum atomic E-state index is -0.0738. The van der Waals surface area contributed by atoms with Gasteiger partial charge < -0.3 is 10.2 Å². The summed E-state index contributed by atoms with van der Waals surface area (Å²) in [6.45, 7) is 15.2. The Balaban J connectivity index is 1.58. The number of amides is 2. The molecule has 1 fully saturated rings. The molecule has 1 aliphatic heterocycles. The summed E-state index contributed by atoms with van der Waals surface area (Å²) < 4.78 is 2.09. The molecule has 2 aliphatic rings. The second kappa shape index (κ2) is 11.8. The Kier molecular flexibility index (Phi) is 8.68. The Morgan fingerprint density at radius 1 is 1.11 bits per heavy atom. The summed E-state index contributed by atoms with van der Waals surface area (Å²) in [5.74, 6) is 1.53. The Hall–Kier alpha value is -2.73. The predicted molar refractivity (Wildman–Crippen MR) is 155 cm³/mol. The first-order valence-electron chi connectivity index (χ1n) is 13.5. The SMILES string of the molecule is CCSc1ccc(CNC(=O)N2CC(C3=CC=CC=CC3)C(c3cn(C(C)C)nc3C(C)(C)C)C2)cc1. The van der Waals surface area contributed by atoms with E-state index >= 15 is 0 Å². The number of nitrogens with zero attached hydrogens (tertiary/aromatic N) is 3. The van der Waals surface area contributed by atoms with Crippen molar-refractivity contribution >= 4 is 17.8 Å². The molecule has 2 aromatic rings. The topological polar surface area (TPSA) is 50.2 Å². The van der Waals surface area contributed by atoms with Gasteiger partial charge >= 0.3 is 6.03 Å². The van der Waals surface area contributed by atoms with Crippen LogP contribution in [0.5, 0.6) is 0 Å². The quantitative estimate of drug-likeness (QED) is 0.393. The monoisotopic (exact) mass is 518 g/mol. The molecule has 2 unspecified atom stereocenters. The number of likely N-dealkylation sites (tertiary alicyclic amines) is 1. The van der Waals surface area contributed by atoms with Crippen molar-refractivity contribution in [2.45, 2.75) is 76.8 Å². The van der Waals surface area contributed by atoms with Crippen LogP contribution >= 0.6 is 11.8 Å². The predicted octanol–water partition coefficient (Wildman–Crippen LogP) is 7.24. The highest BCUT2D eigenvalue weighted by atomic mass is 32.2. The second-order valence-electron chi connectivity index (χ2n) is 11.4. The third-order valence-electron chi connectivity index (χ3n) is 7.18. The molecule has 1 N–H and O–H groups in total. The molecule has 6 heteroatoms. The number of carbonyl (C=O) groups excluding carboxylic acids is 1. The molecule has 2 amide bonds. The summed E-state index contributed by atoms with van der Waals surface area (Å²) >= 11 is 1.83. The Morgan fingerprint density at radius 3 is 2.51 bits per heavy atom. The maximum absolute atomic E-state index is 13.4. The molecule has 0 bridgehead atoms. The summed E-state index contributed by atoms with van der Waals surface area (Å²) in [6, 6.07) is 8.79. The molecule has 0 radical (unpaired) electrons. The van der Waals surface area contributed by atoms with Crippen LogP contribution in [0.25, 0.3) is 0 Å². The van der Waals surface area contributed by atoms with Gasteiger partial charge in [-0.1, -0.05) is 75.8 Å². The Bertz CT molecular complexity index is 1170. The third kappa shape index (κ3) is 6.59. The van der Waals surface area contributed by atoms with Crippen LogP contribution in [0.2, 0.25) is 0 Å². The van der Waals surface area contributed by atoms with Gasteiger partial charge in [-0.3, -0.25) is 4.68 Å². The summed E-state index contributed by atoms with van der Waals surface area (Å²) in [4.78, 5) is 16.7. The molecule has 1 aromatic heterocycles. The van der Waals surface area contributed by atoms with Gasteiger partial charge in [0.2, 0.25) is 0 Å². The van der Waals surface area contributed by atoms with E-state index in [1.807, 2.05) is 16.7 Å². The van der Waals surface area contributed by atoms with Crippen molar-refractivity contribution in [1.82, 2.24) is 20.0 Å². The van der Waals surface area contributed by atoms with Crippen LogP contribution < -0.4 is 5.32 Å². The van der Waals surface area contributed by atoms with E-state index in [1.165, 1.54) is 16.0 Å². The van der Waals surface area contributed by atoms with Crippen molar-refractivity contribution in [3.05, 3.63) is 83.2 Å². The van der Waals surface area contributed by atoms with Gasteiger partial charge in [-0.15, -0.1) is 11.8 Å². The van der Waals surface area contributed by atoms with Crippen molar-refractivity contribution in [2.24, 2.45) is 5.92 Å². The molecule has 0 saturated carbocycles. The fraction of sp³-hybridized carbons (Fsp3) is 0.484. The Labute approximate surface area is 227 Å². The fourth-order valence-electron chi connectivity index (χ4n) is 5.21. The van der Waals surface area contributed by atoms with Crippen molar-refractivity contribution < 1.29 is 4.79 Å². The van der Waals surface area contributed by atoms with Gasteiger partial charge in [-0.25, -0.2) is 4.79 Å². The molecule has 1 aliphatic carbocycles. The normalized spacial score (nSPS) is 19.9. The zero-order chi connectivity index (χ0) is 26.6. The average molecular weight is 519 g/mol. The minimum absolute atomic E-state index is 0.00776. The van der Waals surface area contributed by atoms with Crippen LogP contribution in [-0.4, -0.2) is 39.6 Å². The van der Waals surface area contributed by atoms with E-state index < -0.39 is 0 Å². The van der Waals surface area contributed by atoms with Gasteiger partial charge in [-0.2, -0.15) is 5.10 Å². The summed E-state index contributed by atoms with van der Waals surface area (Å²) in [7, 11) is 0. The molecule has 37 heavy (non-hydrogen) atoms. The van der Waals surface area contributed by atoms with E-state index in [2.05, 4.69) is 112 Å². The van der Waals surface area contributed by atoms with Crippen LogP contribution in [0.4, 0.5) is 4.79 Å². The molecule has 198 valence electrons. The molecule has 1 aromatic carbocycles. The van der Waals surface area contributed by atoms with E-state index in [0.29, 0.717) is 25.7 Å². The summed E-state index contributed by atoms with van der Waals surface area (Å²) in [5.41, 5.74) is 4.85. The van der Waals surface area contributed by atoms with Crippen LogP contribution in [0.15, 0.2) is 71.3 Å². The standard InChI is InChI=1S/C31H42N4OS/c1-7-37-25-16-14-23(15-17-25)18-32-30(36)34-19-26(24-12-10-8-9-11-13-24)27(20-34)28-21-35(22(2)3)33-29(28)31(4,5)6/h8-12,14-17,21-22,26-27H,7,13,18-20H2,1-6H3,(H,32,36). The number of allylic oxidation sites excluding steroid dienone is 5. The van der Waals surface area contributed by atoms with Gasteiger partial charge in [0, 0.05) is 54.0 Å². The number of hydrogen-bond acceptors (Lipinski definition) is 3. The number of rotatable bonds is 7. The van der Waals surface area contributed by atoms with Gasteiger partial charge in [0.15, 0.2) is 0 Å². The van der Waals surface area contributed by atoms with Crippen molar-refractivity contribution in [3.8, 4) is 0 Å². The van der Waals surface area contributed by atoms with Gasteiger partial charge in [0.1, 0.15) is 0 Å². The highest BCUT2D eigenvalue weighted by Gasteiger charge is 2.41. The highest BCUT2D eigenvalue weighted by molar-refractivity contribution is 7.99. The second-order valence-corrected chi connectivity index (χ2v) is 12.7. The zero-order valence-corrected chi connectivity index (χ0v) is 24.0. The molecule has 5 nitrogen and oxygen atoms in total. The molecular formula is C31H42N4OS. The van der Waals surface area contributed by atoms with E-state index in [4.69, 9.17) is 5.10 Å². The zero-order valence-electron chi connectivity index (χ0n) is 23.2. The molecule has 0 spiro atoms. The lowest BCUT2D eigenvalue weighted by Crippen LogP contribution is -2.38. The first-order chi connectivity index (χ1) is 17.7. The smallest absolute Gasteiger partial charge is 0.317 e. The van der Waals surface area contributed by atoms with E-state index in [9.17, 15) is 4.79 Å². The fourth-order valence-corrected chi connectivity index (χ4v) is 5.88. The maximum Gasteiger partial charge on any atom is 0.317 e. The van der Waals surface area contributed by atoms with Gasteiger partial charge in [0.05, 0.1) is 5.69 Å². The van der Waals surface area contributed by atoms with Gasteiger partial charge in [-0.05, 0) is 49.3 Å². The van der Waals surface area contributed by atoms with Crippen molar-refractivity contribution in [2.75, 3.05) is 18.8 Å². The number of benzene rings is 1. The minimum Gasteiger partial charge on any atom is -0.334 e. The first-order valence-corrected chi connectivity index (χ1v) is 14.5. The lowest BCUT2D eigenvalue weighted by Gasteiger charge is -2.24. The summed E-state index contributed by atoms with van der Waals surface area (Å²) in [5, 5.41) is 8.22. The van der Waals surface area contributed by atoms with Crippen LogP contribution in [0.3, 0.4) is 0 Å². The lowest BCUT2D eigenvalue weighted by atomic mass is 9.78. The largest absolute Gasteiger partial charge is 0.334 e. The van der Waals surface area contributed by atoms with Crippen molar-refractivity contribution in [1.29, 1.82) is 0 Å². The number of aromatic nitrogens is 2. The Morgan fingerprint density at radius 2 is 1.84 bits per heavy atom. The molecule has 1 saturated heterocycles. The number of hydrogen-bond donors (Lipinski definition) is 1. The van der Waals surface area contributed by atoms with E-state index in [0.717, 1.165) is 23.4 Å². The number of nitrogens with one attached hydrogen (secondary N) is 1. The molecular weight excluding hydrogens is 476 g/mol. The average Bonchev–Trinajstić information content (AvgIpc) is 3.41. The van der Waals surface area contributed by atoms with Crippen LogP contribution in [0.1, 0.15) is 76.7 Å². The lowest BCUT2D eigenvalue weighted by molar-refractivity contribution is 0.207. The molecule has 2 heterocycles. The van der Waals surface area contributed by atoms with Crippen LogP contribution in [0, 0.1) is 5.92 Å². The first kappa shape index (κ1) is 27.3. The molecule has 2 atom stereocenters. The summed E-state index contributed by atoms with van der Waals surface area (Å²) in [6.07, 6.45) is 13.9. The van der Waals surface area contributed by atoms with Crippen LogP contribution in [-0.2, 0) is 12.0 Å². The van der Waals surface area contributed by atoms with E-state index in [1.54, 1.807) is 0 Å². The number of urea groups is 1. The third-order valence-corrected chi connectivity index (χ3v) is 8.08. The number of thioether (sulfide) groups is 1. The number of carbonyl (C=O) groups is 1. The maximum atomic E-state index is 13.4. The molecule has 4 rings (SSSR count). The van der Waals surface area contributed by atoms with Gasteiger partial charge in [0.25, 0.3) is 0 Å².